The van der Waals surface area contributed by atoms with Gasteiger partial charge in [0.25, 0.3) is 0 Å². The lowest BCUT2D eigenvalue weighted by atomic mass is 9.96. The maximum absolute atomic E-state index is 12.0. The van der Waals surface area contributed by atoms with Crippen LogP contribution in [0.1, 0.15) is 43.8 Å². The summed E-state index contributed by atoms with van der Waals surface area (Å²) in [4.78, 5) is 24.7. The van der Waals surface area contributed by atoms with Crippen molar-refractivity contribution in [2.75, 3.05) is 46.9 Å². The Balaban J connectivity index is 1.58. The van der Waals surface area contributed by atoms with Crippen molar-refractivity contribution in [3.8, 4) is 0 Å². The van der Waals surface area contributed by atoms with Crippen LogP contribution in [0.5, 0.6) is 0 Å². The van der Waals surface area contributed by atoms with Crippen LogP contribution >= 0.6 is 0 Å². The summed E-state index contributed by atoms with van der Waals surface area (Å²) in [5.74, 6) is 2.16. The van der Waals surface area contributed by atoms with Crippen molar-refractivity contribution < 1.29 is 9.53 Å². The van der Waals surface area contributed by atoms with Gasteiger partial charge in [-0.15, -0.1) is 0 Å². The van der Waals surface area contributed by atoms with Gasteiger partial charge in [0.15, 0.2) is 5.96 Å². The molecule has 0 radical (unpaired) electrons. The average Bonchev–Trinajstić information content (AvgIpc) is 3.23. The maximum Gasteiger partial charge on any atom is 0.243 e. The van der Waals surface area contributed by atoms with Crippen molar-refractivity contribution in [2.45, 2.75) is 44.1 Å². The van der Waals surface area contributed by atoms with E-state index in [1.165, 1.54) is 6.42 Å². The molecule has 2 saturated heterocycles. The number of rotatable bonds is 5. The summed E-state index contributed by atoms with van der Waals surface area (Å²) in [6.07, 6.45) is 7.18. The number of guanidine groups is 1. The van der Waals surface area contributed by atoms with Crippen molar-refractivity contribution in [1.82, 2.24) is 30.3 Å². The van der Waals surface area contributed by atoms with Gasteiger partial charge in [-0.05, 0) is 32.1 Å². The van der Waals surface area contributed by atoms with Gasteiger partial charge in [-0.3, -0.25) is 9.89 Å². The Labute approximate surface area is 160 Å². The van der Waals surface area contributed by atoms with Crippen LogP contribution in [0.2, 0.25) is 0 Å². The van der Waals surface area contributed by atoms with Gasteiger partial charge >= 0.3 is 0 Å². The van der Waals surface area contributed by atoms with Crippen molar-refractivity contribution in [2.24, 2.45) is 4.99 Å². The molecule has 1 atom stereocenters. The smallest absolute Gasteiger partial charge is 0.243 e. The molecule has 3 heterocycles. The van der Waals surface area contributed by atoms with Gasteiger partial charge in [0, 0.05) is 46.3 Å². The van der Waals surface area contributed by atoms with E-state index in [1.54, 1.807) is 25.3 Å². The summed E-state index contributed by atoms with van der Waals surface area (Å²) in [5, 5.41) is 10.4. The number of likely N-dealkylation sites (N-methyl/N-ethyl adjacent to an activating group) is 1. The van der Waals surface area contributed by atoms with Gasteiger partial charge in [0.1, 0.15) is 18.7 Å². The molecule has 150 valence electrons. The van der Waals surface area contributed by atoms with E-state index in [0.717, 1.165) is 63.7 Å². The number of carbonyl (C=O) groups excluding carboxylic acids is 1. The Morgan fingerprint density at radius 1 is 1.37 bits per heavy atom. The summed E-state index contributed by atoms with van der Waals surface area (Å²) >= 11 is 0. The van der Waals surface area contributed by atoms with E-state index in [2.05, 4.69) is 30.4 Å². The number of aliphatic imine (C=N–C) groups is 1. The number of aromatic nitrogens is 3. The Hall–Kier alpha value is -2.16. The van der Waals surface area contributed by atoms with E-state index in [-0.39, 0.29) is 18.6 Å². The molecule has 1 unspecified atom stereocenters. The fourth-order valence-corrected chi connectivity index (χ4v) is 3.50. The van der Waals surface area contributed by atoms with Gasteiger partial charge in [-0.2, -0.15) is 5.10 Å². The van der Waals surface area contributed by atoms with Gasteiger partial charge in [-0.25, -0.2) is 9.98 Å². The second-order valence-corrected chi connectivity index (χ2v) is 7.43. The van der Waals surface area contributed by atoms with E-state index in [4.69, 9.17) is 4.74 Å². The first-order valence-corrected chi connectivity index (χ1v) is 9.83. The van der Waals surface area contributed by atoms with Crippen molar-refractivity contribution >= 4 is 11.9 Å². The SMILES string of the molecule is CN(C)C(=O)CN=C(NCC1CCCCO1)N1CCC(c2ncn[nH]2)CC1. The van der Waals surface area contributed by atoms with Crippen molar-refractivity contribution in [1.29, 1.82) is 0 Å². The molecule has 0 aliphatic carbocycles. The molecular formula is C18H31N7O2. The summed E-state index contributed by atoms with van der Waals surface area (Å²) in [7, 11) is 3.51. The summed E-state index contributed by atoms with van der Waals surface area (Å²) in [5.41, 5.74) is 0. The van der Waals surface area contributed by atoms with E-state index >= 15 is 0 Å². The highest BCUT2D eigenvalue weighted by molar-refractivity contribution is 5.85. The number of nitrogens with one attached hydrogen (secondary N) is 2. The van der Waals surface area contributed by atoms with E-state index < -0.39 is 0 Å². The van der Waals surface area contributed by atoms with Gasteiger partial charge in [0.2, 0.25) is 5.91 Å². The molecule has 0 bridgehead atoms. The molecule has 2 aliphatic rings. The van der Waals surface area contributed by atoms with E-state index in [1.807, 2.05) is 0 Å². The lowest BCUT2D eigenvalue weighted by Gasteiger charge is -2.34. The van der Waals surface area contributed by atoms with Crippen LogP contribution in [0.4, 0.5) is 0 Å². The van der Waals surface area contributed by atoms with Gasteiger partial charge in [0.05, 0.1) is 6.10 Å². The molecule has 2 aliphatic heterocycles. The molecule has 2 N–H and O–H groups in total. The molecule has 0 spiro atoms. The van der Waals surface area contributed by atoms with Crippen LogP contribution in [0.25, 0.3) is 0 Å². The predicted molar refractivity (Wildman–Crippen MR) is 103 cm³/mol. The zero-order chi connectivity index (χ0) is 19.1. The van der Waals surface area contributed by atoms with Crippen LogP contribution in [0, 0.1) is 0 Å². The number of amides is 1. The Kier molecular flexibility index (Phi) is 7.03. The Morgan fingerprint density at radius 2 is 2.19 bits per heavy atom. The molecule has 1 aromatic rings. The molecule has 9 heteroatoms. The number of aromatic amines is 1. The zero-order valence-electron chi connectivity index (χ0n) is 16.4. The van der Waals surface area contributed by atoms with Crippen LogP contribution in [0.3, 0.4) is 0 Å². The lowest BCUT2D eigenvalue weighted by molar-refractivity contribution is -0.127. The Morgan fingerprint density at radius 3 is 2.81 bits per heavy atom. The average molecular weight is 377 g/mol. The third-order valence-corrected chi connectivity index (χ3v) is 5.24. The first-order valence-electron chi connectivity index (χ1n) is 9.83. The number of ether oxygens (including phenoxy) is 1. The monoisotopic (exact) mass is 377 g/mol. The molecule has 2 fully saturated rings. The summed E-state index contributed by atoms with van der Waals surface area (Å²) < 4.78 is 5.81. The highest BCUT2D eigenvalue weighted by Crippen LogP contribution is 2.25. The van der Waals surface area contributed by atoms with Gasteiger partial charge in [-0.1, -0.05) is 0 Å². The standard InChI is InChI=1S/C18H31N7O2/c1-24(2)16(26)12-20-18(19-11-15-5-3-4-10-27-15)25-8-6-14(7-9-25)17-21-13-22-23-17/h13-15H,3-12H2,1-2H3,(H,19,20)(H,21,22,23). The fraction of sp³-hybridized carbons (Fsp3) is 0.778. The van der Waals surface area contributed by atoms with Crippen molar-refractivity contribution in [3.05, 3.63) is 12.2 Å². The van der Waals surface area contributed by atoms with Crippen LogP contribution < -0.4 is 5.32 Å². The Bertz CT molecular complexity index is 603. The number of nitrogens with zero attached hydrogens (tertiary/aromatic N) is 5. The highest BCUT2D eigenvalue weighted by atomic mass is 16.5. The van der Waals surface area contributed by atoms with Crippen LogP contribution in [-0.2, 0) is 9.53 Å². The molecular weight excluding hydrogens is 346 g/mol. The molecule has 1 aromatic heterocycles. The first kappa shape index (κ1) is 19.6. The van der Waals surface area contributed by atoms with E-state index in [9.17, 15) is 4.79 Å². The molecule has 27 heavy (non-hydrogen) atoms. The number of carbonyl (C=O) groups is 1. The molecule has 0 saturated carbocycles. The molecule has 3 rings (SSSR count). The topological polar surface area (TPSA) is 98.7 Å². The third-order valence-electron chi connectivity index (χ3n) is 5.24. The number of piperidine rings is 1. The minimum atomic E-state index is -0.000220. The highest BCUT2D eigenvalue weighted by Gasteiger charge is 2.25. The molecule has 0 aromatic carbocycles. The lowest BCUT2D eigenvalue weighted by Crippen LogP contribution is -2.48. The number of hydrogen-bond acceptors (Lipinski definition) is 5. The van der Waals surface area contributed by atoms with Crippen molar-refractivity contribution in [3.63, 3.8) is 0 Å². The number of hydrogen-bond donors (Lipinski definition) is 2. The summed E-state index contributed by atoms with van der Waals surface area (Å²) in [6.45, 7) is 3.47. The van der Waals surface area contributed by atoms with E-state index in [0.29, 0.717) is 5.92 Å². The first-order chi connectivity index (χ1) is 13.1. The maximum atomic E-state index is 12.0. The normalized spacial score (nSPS) is 21.9. The largest absolute Gasteiger partial charge is 0.376 e. The third kappa shape index (κ3) is 5.66. The molecule has 9 nitrogen and oxygen atoms in total. The minimum absolute atomic E-state index is 0.000220. The molecule has 1 amide bonds. The summed E-state index contributed by atoms with van der Waals surface area (Å²) in [6, 6.07) is 0. The fourth-order valence-electron chi connectivity index (χ4n) is 3.50. The predicted octanol–water partition coefficient (Wildman–Crippen LogP) is 0.587. The minimum Gasteiger partial charge on any atom is -0.376 e. The quantitative estimate of drug-likeness (QED) is 0.576. The second-order valence-electron chi connectivity index (χ2n) is 7.43. The number of likely N-dealkylation sites (tertiary alicyclic amines) is 1. The zero-order valence-corrected chi connectivity index (χ0v) is 16.4. The second kappa shape index (κ2) is 9.68. The van der Waals surface area contributed by atoms with Crippen LogP contribution in [0.15, 0.2) is 11.3 Å². The van der Waals surface area contributed by atoms with Gasteiger partial charge < -0.3 is 19.9 Å². The number of H-pyrrole nitrogens is 1. The van der Waals surface area contributed by atoms with Crippen LogP contribution in [-0.4, -0.2) is 89.8 Å².